The lowest BCUT2D eigenvalue weighted by atomic mass is 9.91. The minimum atomic E-state index is -0.491. The zero-order chi connectivity index (χ0) is 19.0. The van der Waals surface area contributed by atoms with Crippen molar-refractivity contribution < 1.29 is 9.72 Å². The Morgan fingerprint density at radius 3 is 2.59 bits per heavy atom. The van der Waals surface area contributed by atoms with Crippen LogP contribution in [0, 0.1) is 10.1 Å². The van der Waals surface area contributed by atoms with Crippen LogP contribution in [0.4, 0.5) is 11.4 Å². The van der Waals surface area contributed by atoms with Gasteiger partial charge in [-0.05, 0) is 31.0 Å². The van der Waals surface area contributed by atoms with E-state index in [1.54, 1.807) is 6.07 Å². The number of carbonyl (C=O) groups excluding carboxylic acids is 1. The first kappa shape index (κ1) is 17.8. The van der Waals surface area contributed by atoms with Gasteiger partial charge in [0, 0.05) is 23.4 Å². The van der Waals surface area contributed by atoms with Gasteiger partial charge >= 0.3 is 0 Å². The van der Waals surface area contributed by atoms with Crippen molar-refractivity contribution in [2.45, 2.75) is 44.3 Å². The van der Waals surface area contributed by atoms with Crippen molar-refractivity contribution in [1.82, 2.24) is 4.90 Å². The summed E-state index contributed by atoms with van der Waals surface area (Å²) in [5, 5.41) is 14.8. The Morgan fingerprint density at radius 1 is 1.11 bits per heavy atom. The maximum Gasteiger partial charge on any atom is 0.288 e. The fraction of sp³-hybridized carbons (Fsp3) is 0.350. The van der Waals surface area contributed by atoms with Crippen molar-refractivity contribution >= 4 is 28.9 Å². The van der Waals surface area contributed by atoms with Crippen LogP contribution in [0.15, 0.2) is 42.5 Å². The van der Waals surface area contributed by atoms with E-state index in [1.165, 1.54) is 18.6 Å². The van der Waals surface area contributed by atoms with Crippen LogP contribution in [0.25, 0.3) is 0 Å². The Hall–Kier alpha value is -2.60. The lowest BCUT2D eigenvalue weighted by Crippen LogP contribution is -2.49. The SMILES string of the molecule is O=C1c2ccccc2N[C@@H](c2ccc(Cl)c([N+](=O)[O-])c2)N1C1CCCCC1. The van der Waals surface area contributed by atoms with Crippen LogP contribution in [0.1, 0.15) is 54.2 Å². The first-order valence-corrected chi connectivity index (χ1v) is 9.56. The van der Waals surface area contributed by atoms with Crippen LogP contribution in [-0.2, 0) is 0 Å². The predicted octanol–water partition coefficient (Wildman–Crippen LogP) is 5.15. The summed E-state index contributed by atoms with van der Waals surface area (Å²) < 4.78 is 0. The molecule has 0 radical (unpaired) electrons. The molecule has 2 aliphatic rings. The summed E-state index contributed by atoms with van der Waals surface area (Å²) >= 11 is 5.98. The maximum absolute atomic E-state index is 13.3. The third-order valence-electron chi connectivity index (χ3n) is 5.41. The number of rotatable bonds is 3. The Morgan fingerprint density at radius 2 is 1.85 bits per heavy atom. The molecule has 1 atom stereocenters. The molecule has 0 aromatic heterocycles. The second-order valence-electron chi connectivity index (χ2n) is 7.06. The van der Waals surface area contributed by atoms with Gasteiger partial charge in [-0.25, -0.2) is 0 Å². The largest absolute Gasteiger partial charge is 0.361 e. The molecule has 0 unspecified atom stereocenters. The quantitative estimate of drug-likeness (QED) is 0.585. The van der Waals surface area contributed by atoms with Crippen LogP contribution in [0.3, 0.4) is 0 Å². The van der Waals surface area contributed by atoms with Crippen LogP contribution < -0.4 is 5.32 Å². The first-order valence-electron chi connectivity index (χ1n) is 9.18. The fourth-order valence-electron chi connectivity index (χ4n) is 4.09. The molecule has 4 rings (SSSR count). The summed E-state index contributed by atoms with van der Waals surface area (Å²) in [5.41, 5.74) is 1.91. The van der Waals surface area contributed by atoms with Gasteiger partial charge in [0.1, 0.15) is 11.2 Å². The molecule has 2 aromatic carbocycles. The standard InChI is InChI=1S/C20H20ClN3O3/c21-16-11-10-13(12-18(16)24(26)27)19-22-17-9-5-4-8-15(17)20(25)23(19)14-6-2-1-3-7-14/h4-5,8-12,14,19,22H,1-3,6-7H2/t19-/m1/s1. The van der Waals surface area contributed by atoms with Gasteiger partial charge in [-0.15, -0.1) is 0 Å². The van der Waals surface area contributed by atoms with Gasteiger partial charge in [-0.2, -0.15) is 0 Å². The molecule has 0 saturated heterocycles. The van der Waals surface area contributed by atoms with Gasteiger partial charge in [0.25, 0.3) is 11.6 Å². The molecular formula is C20H20ClN3O3. The van der Waals surface area contributed by atoms with Gasteiger partial charge in [-0.3, -0.25) is 14.9 Å². The molecule has 1 aliphatic carbocycles. The zero-order valence-corrected chi connectivity index (χ0v) is 15.5. The molecule has 1 N–H and O–H groups in total. The number of para-hydroxylation sites is 1. The first-order chi connectivity index (χ1) is 13.1. The van der Waals surface area contributed by atoms with E-state index in [1.807, 2.05) is 29.2 Å². The van der Waals surface area contributed by atoms with Crippen molar-refractivity contribution in [2.24, 2.45) is 0 Å². The van der Waals surface area contributed by atoms with E-state index >= 15 is 0 Å². The molecule has 27 heavy (non-hydrogen) atoms. The third-order valence-corrected chi connectivity index (χ3v) is 5.73. The van der Waals surface area contributed by atoms with Crippen molar-refractivity contribution in [3.8, 4) is 0 Å². The van der Waals surface area contributed by atoms with Crippen molar-refractivity contribution in [3.63, 3.8) is 0 Å². The highest BCUT2D eigenvalue weighted by Crippen LogP contribution is 2.39. The number of nitrogens with zero attached hydrogens (tertiary/aromatic N) is 2. The van der Waals surface area contributed by atoms with E-state index in [0.717, 1.165) is 31.4 Å². The zero-order valence-electron chi connectivity index (χ0n) is 14.7. The van der Waals surface area contributed by atoms with Gasteiger partial charge in [0.2, 0.25) is 0 Å². The fourth-order valence-corrected chi connectivity index (χ4v) is 4.27. The lowest BCUT2D eigenvalue weighted by molar-refractivity contribution is -0.384. The molecule has 140 valence electrons. The predicted molar refractivity (Wildman–Crippen MR) is 104 cm³/mol. The van der Waals surface area contributed by atoms with Gasteiger partial charge < -0.3 is 10.2 Å². The monoisotopic (exact) mass is 385 g/mol. The number of nitro benzene ring substituents is 1. The van der Waals surface area contributed by atoms with E-state index in [2.05, 4.69) is 5.32 Å². The minimum Gasteiger partial charge on any atom is -0.361 e. The number of amides is 1. The molecule has 7 heteroatoms. The van der Waals surface area contributed by atoms with Crippen molar-refractivity contribution in [3.05, 3.63) is 68.7 Å². The van der Waals surface area contributed by atoms with Crippen LogP contribution in [0.5, 0.6) is 0 Å². The number of benzene rings is 2. The van der Waals surface area contributed by atoms with Crippen LogP contribution >= 0.6 is 11.6 Å². The van der Waals surface area contributed by atoms with E-state index < -0.39 is 11.1 Å². The topological polar surface area (TPSA) is 75.5 Å². The van der Waals surface area contributed by atoms with Gasteiger partial charge in [-0.1, -0.05) is 49.1 Å². The highest BCUT2D eigenvalue weighted by atomic mass is 35.5. The Labute approximate surface area is 162 Å². The summed E-state index contributed by atoms with van der Waals surface area (Å²) in [5.74, 6) is -0.0288. The maximum atomic E-state index is 13.3. The molecule has 1 fully saturated rings. The summed E-state index contributed by atoms with van der Waals surface area (Å²) in [6, 6.07) is 12.3. The number of nitrogens with one attached hydrogen (secondary N) is 1. The number of hydrogen-bond acceptors (Lipinski definition) is 4. The molecule has 1 aliphatic heterocycles. The minimum absolute atomic E-state index is 0.0288. The molecule has 0 bridgehead atoms. The summed E-state index contributed by atoms with van der Waals surface area (Å²) in [4.78, 5) is 26.0. The number of hydrogen-bond donors (Lipinski definition) is 1. The summed E-state index contributed by atoms with van der Waals surface area (Å²) in [6.45, 7) is 0. The number of fused-ring (bicyclic) bond motifs is 1. The van der Waals surface area contributed by atoms with Gasteiger partial charge in [0.05, 0.1) is 10.5 Å². The third kappa shape index (κ3) is 3.25. The lowest BCUT2D eigenvalue weighted by Gasteiger charge is -2.44. The average Bonchev–Trinajstić information content (AvgIpc) is 2.69. The normalized spacial score (nSPS) is 20.1. The Bertz CT molecular complexity index is 896. The molecule has 0 spiro atoms. The number of carbonyl (C=O) groups is 1. The second-order valence-corrected chi connectivity index (χ2v) is 7.47. The molecule has 1 amide bonds. The highest BCUT2D eigenvalue weighted by molar-refractivity contribution is 6.32. The molecule has 1 saturated carbocycles. The van der Waals surface area contributed by atoms with Crippen molar-refractivity contribution in [1.29, 1.82) is 0 Å². The van der Waals surface area contributed by atoms with E-state index in [4.69, 9.17) is 11.6 Å². The average molecular weight is 386 g/mol. The highest BCUT2D eigenvalue weighted by Gasteiger charge is 2.38. The Balaban J connectivity index is 1.79. The number of anilines is 1. The summed E-state index contributed by atoms with van der Waals surface area (Å²) in [7, 11) is 0. The molecule has 6 nitrogen and oxygen atoms in total. The van der Waals surface area contributed by atoms with Crippen LogP contribution in [-0.4, -0.2) is 21.8 Å². The molecular weight excluding hydrogens is 366 g/mol. The van der Waals surface area contributed by atoms with Crippen LogP contribution in [0.2, 0.25) is 5.02 Å². The Kier molecular flexibility index (Phi) is 4.74. The van der Waals surface area contributed by atoms with Gasteiger partial charge in [0.15, 0.2) is 0 Å². The smallest absolute Gasteiger partial charge is 0.288 e. The second kappa shape index (κ2) is 7.19. The number of halogens is 1. The molecule has 2 aromatic rings. The number of nitro groups is 1. The van der Waals surface area contributed by atoms with E-state index in [-0.39, 0.29) is 22.7 Å². The van der Waals surface area contributed by atoms with E-state index in [9.17, 15) is 14.9 Å². The van der Waals surface area contributed by atoms with Crippen molar-refractivity contribution in [2.75, 3.05) is 5.32 Å². The van der Waals surface area contributed by atoms with E-state index in [0.29, 0.717) is 11.1 Å². The molecule has 1 heterocycles. The summed E-state index contributed by atoms with van der Waals surface area (Å²) in [6.07, 6.45) is 4.79.